The molecule has 0 aliphatic carbocycles. The lowest BCUT2D eigenvalue weighted by molar-refractivity contribution is -0.349. The van der Waals surface area contributed by atoms with Gasteiger partial charge in [-0.1, -0.05) is 0 Å². The van der Waals surface area contributed by atoms with Crippen LogP contribution in [0.2, 0.25) is 0 Å². The molecule has 0 aromatic carbocycles. The molecule has 1 unspecified atom stereocenters. The van der Waals surface area contributed by atoms with Gasteiger partial charge in [-0.05, 0) is 31.0 Å². The molecule has 9 nitrogen and oxygen atoms in total. The Balaban J connectivity index is 1.44. The first kappa shape index (κ1) is 17.7. The molecule has 4 aliphatic rings. The van der Waals surface area contributed by atoms with Gasteiger partial charge < -0.3 is 14.2 Å². The Morgan fingerprint density at radius 2 is 1.79 bits per heavy atom. The zero-order valence-corrected chi connectivity index (χ0v) is 15.4. The van der Waals surface area contributed by atoms with Gasteiger partial charge in [0.1, 0.15) is 0 Å². The average Bonchev–Trinajstić information content (AvgIpc) is 2.91. The Bertz CT molecular complexity index is 935. The molecule has 0 saturated carbocycles. The highest BCUT2D eigenvalue weighted by Crippen LogP contribution is 2.43. The van der Waals surface area contributed by atoms with Crippen molar-refractivity contribution in [1.82, 2.24) is 20.1 Å². The molecule has 0 amide bonds. The predicted molar refractivity (Wildman–Crippen MR) is 98.0 cm³/mol. The summed E-state index contributed by atoms with van der Waals surface area (Å²) in [4.78, 5) is 30.2. The summed E-state index contributed by atoms with van der Waals surface area (Å²) in [5, 5.41) is 8.36. The van der Waals surface area contributed by atoms with Gasteiger partial charge in [-0.3, -0.25) is 4.98 Å². The molecule has 148 valence electrons. The van der Waals surface area contributed by atoms with Crippen LogP contribution in [0, 0.1) is 5.92 Å². The molecule has 4 aliphatic heterocycles. The highest BCUT2D eigenvalue weighted by molar-refractivity contribution is 5.93. The van der Waals surface area contributed by atoms with Crippen molar-refractivity contribution in [3.63, 3.8) is 0 Å². The summed E-state index contributed by atoms with van der Waals surface area (Å²) < 4.78 is 17.3. The first-order valence-corrected chi connectivity index (χ1v) is 9.44. The van der Waals surface area contributed by atoms with Gasteiger partial charge in [0.05, 0.1) is 5.69 Å². The van der Waals surface area contributed by atoms with Crippen LogP contribution < -0.4 is 4.74 Å². The second-order valence-electron chi connectivity index (χ2n) is 7.17. The maximum Gasteiger partial charge on any atom is 0.359 e. The van der Waals surface area contributed by atoms with Crippen LogP contribution in [-0.2, 0) is 19.1 Å². The average molecular weight is 394 g/mol. The minimum Gasteiger partial charge on any atom is -0.463 e. The number of aromatic nitrogens is 3. The van der Waals surface area contributed by atoms with Gasteiger partial charge in [0.2, 0.25) is 5.88 Å². The number of esters is 2. The van der Waals surface area contributed by atoms with E-state index >= 15 is 0 Å². The largest absolute Gasteiger partial charge is 0.463 e. The summed E-state index contributed by atoms with van der Waals surface area (Å²) >= 11 is 0. The molecule has 1 spiro atoms. The summed E-state index contributed by atoms with van der Waals surface area (Å²) in [5.41, 5.74) is 1.49. The lowest BCUT2D eigenvalue weighted by atomic mass is 9.82. The molecule has 2 aromatic rings. The van der Waals surface area contributed by atoms with Crippen LogP contribution in [0.5, 0.6) is 5.88 Å². The van der Waals surface area contributed by atoms with Crippen LogP contribution in [-0.4, -0.2) is 57.1 Å². The molecule has 3 fully saturated rings. The van der Waals surface area contributed by atoms with Gasteiger partial charge >= 0.3 is 17.8 Å². The van der Waals surface area contributed by atoms with Gasteiger partial charge in [0.15, 0.2) is 6.10 Å². The van der Waals surface area contributed by atoms with Crippen LogP contribution >= 0.6 is 0 Å². The molecule has 6 rings (SSSR count). The fourth-order valence-corrected chi connectivity index (χ4v) is 4.10. The number of nitrogens with zero attached hydrogens (tertiary/aromatic N) is 4. The van der Waals surface area contributed by atoms with Crippen LogP contribution in [0.15, 0.2) is 48.8 Å². The van der Waals surface area contributed by atoms with E-state index in [1.54, 1.807) is 24.5 Å². The van der Waals surface area contributed by atoms with Crippen LogP contribution in [0.4, 0.5) is 0 Å². The fraction of sp³-hybridized carbons (Fsp3) is 0.350. The third-order valence-corrected chi connectivity index (χ3v) is 5.46. The number of hydrogen-bond acceptors (Lipinski definition) is 9. The molecule has 0 N–H and O–H groups in total. The van der Waals surface area contributed by atoms with Gasteiger partial charge in [-0.25, -0.2) is 14.5 Å². The summed E-state index contributed by atoms with van der Waals surface area (Å²) in [6.45, 7) is 1.30. The van der Waals surface area contributed by atoms with E-state index < -0.39 is 24.0 Å². The number of hydrogen-bond donors (Lipinski definition) is 0. The minimum absolute atomic E-state index is 0.0542. The van der Waals surface area contributed by atoms with Gasteiger partial charge in [-0.15, -0.1) is 10.2 Å². The molecule has 2 aromatic heterocycles. The first-order valence-electron chi connectivity index (χ1n) is 9.44. The normalized spacial score (nSPS) is 27.2. The van der Waals surface area contributed by atoms with Crippen LogP contribution in [0.25, 0.3) is 11.3 Å². The monoisotopic (exact) mass is 394 g/mol. The number of pyridine rings is 1. The Labute approximate surface area is 166 Å². The Morgan fingerprint density at radius 1 is 1.03 bits per heavy atom. The van der Waals surface area contributed by atoms with E-state index in [1.807, 2.05) is 17.0 Å². The molecular formula is C20H18N4O5. The van der Waals surface area contributed by atoms with Crippen molar-refractivity contribution in [1.29, 1.82) is 0 Å². The van der Waals surface area contributed by atoms with Crippen molar-refractivity contribution in [3.05, 3.63) is 48.8 Å². The summed E-state index contributed by atoms with van der Waals surface area (Å²) in [5.74, 6) is -2.56. The van der Waals surface area contributed by atoms with E-state index in [0.717, 1.165) is 30.6 Å². The summed E-state index contributed by atoms with van der Waals surface area (Å²) in [7, 11) is 0. The van der Waals surface area contributed by atoms with E-state index in [2.05, 4.69) is 15.2 Å². The van der Waals surface area contributed by atoms with Crippen molar-refractivity contribution in [3.8, 4) is 17.1 Å². The lowest BCUT2D eigenvalue weighted by Gasteiger charge is -2.54. The lowest BCUT2D eigenvalue weighted by Crippen LogP contribution is -2.71. The van der Waals surface area contributed by atoms with E-state index in [1.165, 1.54) is 0 Å². The van der Waals surface area contributed by atoms with Crippen molar-refractivity contribution in [2.24, 2.45) is 5.92 Å². The Morgan fingerprint density at radius 3 is 2.41 bits per heavy atom. The summed E-state index contributed by atoms with van der Waals surface area (Å²) in [6.07, 6.45) is 6.51. The quantitative estimate of drug-likeness (QED) is 0.713. The maximum absolute atomic E-state index is 12.1. The number of rotatable bonds is 3. The molecule has 2 bridgehead atoms. The van der Waals surface area contributed by atoms with Crippen LogP contribution in [0.1, 0.15) is 12.8 Å². The second kappa shape index (κ2) is 6.93. The predicted octanol–water partition coefficient (Wildman–Crippen LogP) is 1.32. The Kier molecular flexibility index (Phi) is 4.24. The number of fused-ring (bicyclic) bond motifs is 2. The van der Waals surface area contributed by atoms with E-state index in [4.69, 9.17) is 14.2 Å². The first-order chi connectivity index (χ1) is 14.1. The van der Waals surface area contributed by atoms with Crippen LogP contribution in [0.3, 0.4) is 0 Å². The smallest absolute Gasteiger partial charge is 0.359 e. The highest BCUT2D eigenvalue weighted by atomic mass is 16.8. The standard InChI is InChI=1S/C20H18N4O5/c25-17-5-6-18(26)29-20(28-17)19(13-7-10-24(20)11-8-13)27-16-4-3-15(22-23-16)14-2-1-9-21-12-14/h1-6,9,12-13,19H,7-8,10-11H2. The van der Waals surface area contributed by atoms with E-state index in [9.17, 15) is 9.59 Å². The molecule has 9 heteroatoms. The molecule has 3 saturated heterocycles. The van der Waals surface area contributed by atoms with Crippen molar-refractivity contribution in [2.75, 3.05) is 13.1 Å². The molecule has 29 heavy (non-hydrogen) atoms. The molecular weight excluding hydrogens is 376 g/mol. The second-order valence-corrected chi connectivity index (χ2v) is 7.17. The number of piperidine rings is 3. The minimum atomic E-state index is -1.59. The maximum atomic E-state index is 12.1. The molecule has 0 radical (unpaired) electrons. The van der Waals surface area contributed by atoms with E-state index in [0.29, 0.717) is 18.8 Å². The van der Waals surface area contributed by atoms with Gasteiger partial charge in [0, 0.05) is 55.2 Å². The number of ether oxygens (including phenoxy) is 3. The SMILES string of the molecule is O=C1C=CC(=O)OC2(O1)C(Oc1ccc(-c3cccnc3)nn1)C1CCN2CC1. The molecule has 1 atom stereocenters. The van der Waals surface area contributed by atoms with Gasteiger partial charge in [-0.2, -0.15) is 0 Å². The third kappa shape index (κ3) is 3.13. The fourth-order valence-electron chi connectivity index (χ4n) is 4.10. The van der Waals surface area contributed by atoms with E-state index in [-0.39, 0.29) is 11.8 Å². The topological polar surface area (TPSA) is 104 Å². The zero-order valence-electron chi connectivity index (χ0n) is 15.4. The zero-order chi connectivity index (χ0) is 19.8. The third-order valence-electron chi connectivity index (χ3n) is 5.46. The van der Waals surface area contributed by atoms with Gasteiger partial charge in [0.25, 0.3) is 0 Å². The number of carbonyl (C=O) groups is 2. The Hall–Kier alpha value is -3.33. The van der Waals surface area contributed by atoms with Crippen molar-refractivity contribution in [2.45, 2.75) is 24.9 Å². The molecule has 6 heterocycles. The number of carbonyl (C=O) groups excluding carboxylic acids is 2. The van der Waals surface area contributed by atoms with Crippen molar-refractivity contribution >= 4 is 11.9 Å². The highest BCUT2D eigenvalue weighted by Gasteiger charge is 2.62. The summed E-state index contributed by atoms with van der Waals surface area (Å²) in [6, 6.07) is 7.18. The van der Waals surface area contributed by atoms with Crippen molar-refractivity contribution < 1.29 is 23.8 Å².